The van der Waals surface area contributed by atoms with Crippen LogP contribution in [0.3, 0.4) is 0 Å². The highest BCUT2D eigenvalue weighted by Crippen LogP contribution is 2.34. The molecule has 5 rings (SSSR count). The fraction of sp³-hybridized carbons (Fsp3) is 0.452. The van der Waals surface area contributed by atoms with E-state index in [0.29, 0.717) is 11.5 Å². The summed E-state index contributed by atoms with van der Waals surface area (Å²) in [6, 6.07) is 12.8. The standard InChI is InChI=1S/C31H40N6O/c1-4-6-26-20-37(29-17-32-22-33-18-29)21-27-16-25(7-8-30(26)27)31(38)34-28-14-23(5-2)13-24(15-28)19-36-11-9-35(3)10-12-36/h7-8,13-18,22,26H,4-6,9-12,19-21H2,1-3H3,(H,34,38). The summed E-state index contributed by atoms with van der Waals surface area (Å²) >= 11 is 0. The number of fused-ring (bicyclic) bond motifs is 1. The minimum absolute atomic E-state index is 0.0567. The third kappa shape index (κ3) is 6.22. The molecular formula is C31H40N6O. The van der Waals surface area contributed by atoms with Crippen LogP contribution >= 0.6 is 0 Å². The van der Waals surface area contributed by atoms with Crippen LogP contribution in [0.15, 0.2) is 55.1 Å². The molecule has 3 aromatic rings. The van der Waals surface area contributed by atoms with Crippen LogP contribution in [-0.2, 0) is 19.5 Å². The third-order valence-electron chi connectivity index (χ3n) is 7.92. The van der Waals surface area contributed by atoms with Crippen LogP contribution in [0.25, 0.3) is 0 Å². The quantitative estimate of drug-likeness (QED) is 0.461. The van der Waals surface area contributed by atoms with Gasteiger partial charge in [-0.3, -0.25) is 9.69 Å². The van der Waals surface area contributed by atoms with Crippen LogP contribution in [0.2, 0.25) is 0 Å². The van der Waals surface area contributed by atoms with Crippen LogP contribution in [0.5, 0.6) is 0 Å². The first-order valence-corrected chi connectivity index (χ1v) is 14.0. The molecule has 2 aliphatic rings. The molecule has 2 aliphatic heterocycles. The number of aromatic nitrogens is 2. The van der Waals surface area contributed by atoms with Gasteiger partial charge in [-0.05, 0) is 66.4 Å². The van der Waals surface area contributed by atoms with Gasteiger partial charge in [0, 0.05) is 63.0 Å². The molecule has 3 heterocycles. The Hall–Kier alpha value is -3.29. The van der Waals surface area contributed by atoms with Crippen molar-refractivity contribution in [1.82, 2.24) is 19.8 Å². The molecule has 1 amide bonds. The Morgan fingerprint density at radius 2 is 1.76 bits per heavy atom. The summed E-state index contributed by atoms with van der Waals surface area (Å²) < 4.78 is 0. The van der Waals surface area contributed by atoms with Gasteiger partial charge in [-0.25, -0.2) is 9.97 Å². The molecule has 0 bridgehead atoms. The van der Waals surface area contributed by atoms with Gasteiger partial charge in [-0.15, -0.1) is 0 Å². The Balaban J connectivity index is 1.34. The summed E-state index contributed by atoms with van der Waals surface area (Å²) in [4.78, 5) is 29.1. The topological polar surface area (TPSA) is 64.6 Å². The highest BCUT2D eigenvalue weighted by Gasteiger charge is 2.26. The molecular weight excluding hydrogens is 472 g/mol. The number of amides is 1. The molecule has 0 spiro atoms. The molecule has 1 aromatic heterocycles. The van der Waals surface area contributed by atoms with E-state index >= 15 is 0 Å². The van der Waals surface area contributed by atoms with Gasteiger partial charge in [0.25, 0.3) is 5.91 Å². The molecule has 2 aromatic carbocycles. The first-order valence-electron chi connectivity index (χ1n) is 14.0. The number of hydrogen-bond acceptors (Lipinski definition) is 6. The van der Waals surface area contributed by atoms with Gasteiger partial charge in [0.2, 0.25) is 0 Å². The van der Waals surface area contributed by atoms with E-state index in [4.69, 9.17) is 0 Å². The second-order valence-corrected chi connectivity index (χ2v) is 10.8. The van der Waals surface area contributed by atoms with E-state index in [2.05, 4.69) is 81.2 Å². The van der Waals surface area contributed by atoms with Crippen molar-refractivity contribution in [3.63, 3.8) is 0 Å². The zero-order chi connectivity index (χ0) is 26.5. The molecule has 1 fully saturated rings. The Kier molecular flexibility index (Phi) is 8.35. The van der Waals surface area contributed by atoms with E-state index in [1.165, 1.54) is 22.3 Å². The lowest BCUT2D eigenvalue weighted by molar-refractivity contribution is 0.102. The minimum Gasteiger partial charge on any atom is -0.364 e. The maximum Gasteiger partial charge on any atom is 0.255 e. The number of carbonyl (C=O) groups is 1. The van der Waals surface area contributed by atoms with E-state index in [1.807, 2.05) is 18.5 Å². The van der Waals surface area contributed by atoms with Gasteiger partial charge in [0.05, 0.1) is 18.1 Å². The van der Waals surface area contributed by atoms with Crippen molar-refractivity contribution < 1.29 is 4.79 Å². The van der Waals surface area contributed by atoms with Crippen LogP contribution < -0.4 is 10.2 Å². The molecule has 0 aliphatic carbocycles. The summed E-state index contributed by atoms with van der Waals surface area (Å²) in [5.74, 6) is 0.373. The van der Waals surface area contributed by atoms with Crippen molar-refractivity contribution in [2.45, 2.75) is 52.1 Å². The number of piperazine rings is 1. The number of aryl methyl sites for hydroxylation is 1. The third-order valence-corrected chi connectivity index (χ3v) is 7.92. The van der Waals surface area contributed by atoms with E-state index in [1.54, 1.807) is 6.33 Å². The molecule has 7 heteroatoms. The van der Waals surface area contributed by atoms with Crippen LogP contribution in [0, 0.1) is 0 Å². The van der Waals surface area contributed by atoms with Crippen molar-refractivity contribution in [2.24, 2.45) is 0 Å². The van der Waals surface area contributed by atoms with Gasteiger partial charge in [-0.1, -0.05) is 32.4 Å². The van der Waals surface area contributed by atoms with Gasteiger partial charge in [-0.2, -0.15) is 0 Å². The Labute approximate surface area is 226 Å². The summed E-state index contributed by atoms with van der Waals surface area (Å²) in [6.45, 7) is 11.4. The predicted molar refractivity (Wildman–Crippen MR) is 154 cm³/mol. The molecule has 7 nitrogen and oxygen atoms in total. The van der Waals surface area contributed by atoms with Crippen LogP contribution in [0.1, 0.15) is 65.2 Å². The Morgan fingerprint density at radius 1 is 1.00 bits per heavy atom. The zero-order valence-electron chi connectivity index (χ0n) is 23.0. The number of anilines is 2. The maximum absolute atomic E-state index is 13.4. The predicted octanol–water partition coefficient (Wildman–Crippen LogP) is 4.94. The summed E-state index contributed by atoms with van der Waals surface area (Å²) in [5, 5.41) is 3.20. The molecule has 200 valence electrons. The van der Waals surface area contributed by atoms with Gasteiger partial charge in [0.1, 0.15) is 6.33 Å². The highest BCUT2D eigenvalue weighted by atomic mass is 16.1. The van der Waals surface area contributed by atoms with Gasteiger partial charge < -0.3 is 15.1 Å². The number of hydrogen-bond donors (Lipinski definition) is 1. The lowest BCUT2D eigenvalue weighted by Gasteiger charge is -2.36. The maximum atomic E-state index is 13.4. The first-order chi connectivity index (χ1) is 18.5. The second kappa shape index (κ2) is 12.0. The number of nitrogens with one attached hydrogen (secondary N) is 1. The molecule has 1 atom stereocenters. The second-order valence-electron chi connectivity index (χ2n) is 10.8. The van der Waals surface area contributed by atoms with Crippen molar-refractivity contribution in [1.29, 1.82) is 0 Å². The lowest BCUT2D eigenvalue weighted by Crippen LogP contribution is -2.43. The van der Waals surface area contributed by atoms with Gasteiger partial charge in [0.15, 0.2) is 0 Å². The number of benzene rings is 2. The molecule has 0 radical (unpaired) electrons. The molecule has 0 saturated carbocycles. The Morgan fingerprint density at radius 3 is 2.50 bits per heavy atom. The number of carbonyl (C=O) groups excluding carboxylic acids is 1. The van der Waals surface area contributed by atoms with E-state index in [-0.39, 0.29) is 5.91 Å². The van der Waals surface area contributed by atoms with Crippen molar-refractivity contribution >= 4 is 17.3 Å². The largest absolute Gasteiger partial charge is 0.364 e. The van der Waals surface area contributed by atoms with Crippen LogP contribution in [0.4, 0.5) is 11.4 Å². The summed E-state index contributed by atoms with van der Waals surface area (Å²) in [5.41, 5.74) is 7.69. The fourth-order valence-electron chi connectivity index (χ4n) is 5.76. The van der Waals surface area contributed by atoms with Crippen molar-refractivity contribution in [3.8, 4) is 0 Å². The fourth-order valence-corrected chi connectivity index (χ4v) is 5.76. The number of nitrogens with zero attached hydrogens (tertiary/aromatic N) is 5. The summed E-state index contributed by atoms with van der Waals surface area (Å²) in [7, 11) is 2.18. The highest BCUT2D eigenvalue weighted by molar-refractivity contribution is 6.04. The molecule has 38 heavy (non-hydrogen) atoms. The van der Waals surface area contributed by atoms with Gasteiger partial charge >= 0.3 is 0 Å². The molecule has 1 unspecified atom stereocenters. The van der Waals surface area contributed by atoms with E-state index < -0.39 is 0 Å². The normalized spacial score (nSPS) is 18.3. The van der Waals surface area contributed by atoms with Crippen molar-refractivity contribution in [3.05, 3.63) is 82.9 Å². The zero-order valence-corrected chi connectivity index (χ0v) is 23.0. The van der Waals surface area contributed by atoms with Crippen LogP contribution in [-0.4, -0.2) is 65.4 Å². The molecule has 1 N–H and O–H groups in total. The smallest absolute Gasteiger partial charge is 0.255 e. The number of likely N-dealkylation sites (N-methyl/N-ethyl adjacent to an activating group) is 1. The lowest BCUT2D eigenvalue weighted by atomic mass is 9.85. The van der Waals surface area contributed by atoms with Crippen molar-refractivity contribution in [2.75, 3.05) is 50.0 Å². The van der Waals surface area contributed by atoms with E-state index in [9.17, 15) is 4.79 Å². The first kappa shape index (κ1) is 26.3. The summed E-state index contributed by atoms with van der Waals surface area (Å²) in [6.07, 6.45) is 8.49. The molecule has 1 saturated heterocycles. The van der Waals surface area contributed by atoms with E-state index in [0.717, 1.165) is 76.5 Å². The minimum atomic E-state index is -0.0567. The SMILES string of the molecule is CCCC1CN(c2cncnc2)Cc2cc(C(=O)Nc3cc(CC)cc(CN4CCN(C)CC4)c3)ccc21. The monoisotopic (exact) mass is 512 g/mol. The Bertz CT molecular complexity index is 1240. The average molecular weight is 513 g/mol. The number of rotatable bonds is 8. The average Bonchev–Trinajstić information content (AvgIpc) is 2.94.